The van der Waals surface area contributed by atoms with Gasteiger partial charge in [-0.15, -0.1) is 0 Å². The largest absolute Gasteiger partial charge is 0.322 e. The summed E-state index contributed by atoms with van der Waals surface area (Å²) in [6.07, 6.45) is 0.880. The van der Waals surface area contributed by atoms with Crippen LogP contribution >= 0.6 is 0 Å². The van der Waals surface area contributed by atoms with E-state index in [0.717, 1.165) is 17.5 Å². The zero-order valence-electron chi connectivity index (χ0n) is 15.8. The highest BCUT2D eigenvalue weighted by Crippen LogP contribution is 2.19. The Kier molecular flexibility index (Phi) is 5.80. The molecule has 3 rings (SSSR count). The van der Waals surface area contributed by atoms with Gasteiger partial charge in [-0.1, -0.05) is 37.3 Å². The SMILES string of the molecule is CCc1ccc(NS(=O)(=O)c2cccc(C(=O)Nc3cccc(C)c3)c2)cc1. The van der Waals surface area contributed by atoms with Crippen LogP contribution in [0, 0.1) is 6.92 Å². The third kappa shape index (κ3) is 4.78. The number of benzene rings is 3. The van der Waals surface area contributed by atoms with E-state index in [1.54, 1.807) is 30.3 Å². The molecule has 0 aromatic heterocycles. The number of carbonyl (C=O) groups excluding carboxylic acids is 1. The molecule has 144 valence electrons. The van der Waals surface area contributed by atoms with Crippen LogP contribution in [0.2, 0.25) is 0 Å². The summed E-state index contributed by atoms with van der Waals surface area (Å²) < 4.78 is 27.9. The molecule has 0 heterocycles. The van der Waals surface area contributed by atoms with Crippen molar-refractivity contribution in [3.63, 3.8) is 0 Å². The first kappa shape index (κ1) is 19.6. The summed E-state index contributed by atoms with van der Waals surface area (Å²) in [7, 11) is -3.80. The Bertz CT molecular complexity index is 1090. The summed E-state index contributed by atoms with van der Waals surface area (Å²) in [5.74, 6) is -0.366. The molecule has 0 aliphatic heterocycles. The van der Waals surface area contributed by atoms with E-state index in [4.69, 9.17) is 0 Å². The maximum atomic E-state index is 12.7. The van der Waals surface area contributed by atoms with Gasteiger partial charge in [-0.05, 0) is 66.9 Å². The summed E-state index contributed by atoms with van der Waals surface area (Å²) in [5, 5.41) is 2.79. The lowest BCUT2D eigenvalue weighted by molar-refractivity contribution is 0.102. The van der Waals surface area contributed by atoms with E-state index in [9.17, 15) is 13.2 Å². The highest BCUT2D eigenvalue weighted by atomic mass is 32.2. The van der Waals surface area contributed by atoms with Crippen molar-refractivity contribution in [2.45, 2.75) is 25.2 Å². The molecule has 0 fully saturated rings. The summed E-state index contributed by atoms with van der Waals surface area (Å²) in [4.78, 5) is 12.5. The van der Waals surface area contributed by atoms with Crippen molar-refractivity contribution in [2.24, 2.45) is 0 Å². The molecular formula is C22H22N2O3S. The maximum Gasteiger partial charge on any atom is 0.261 e. The lowest BCUT2D eigenvalue weighted by Gasteiger charge is -2.10. The Morgan fingerprint density at radius 1 is 0.893 bits per heavy atom. The van der Waals surface area contributed by atoms with Crippen LogP contribution in [0.1, 0.15) is 28.4 Å². The highest BCUT2D eigenvalue weighted by Gasteiger charge is 2.17. The van der Waals surface area contributed by atoms with Crippen LogP contribution in [0.25, 0.3) is 0 Å². The van der Waals surface area contributed by atoms with E-state index in [1.807, 2.05) is 44.2 Å². The minimum atomic E-state index is -3.80. The topological polar surface area (TPSA) is 75.3 Å². The van der Waals surface area contributed by atoms with E-state index in [0.29, 0.717) is 11.4 Å². The molecule has 0 aliphatic rings. The summed E-state index contributed by atoms with van der Waals surface area (Å²) >= 11 is 0. The van der Waals surface area contributed by atoms with Crippen LogP contribution in [-0.2, 0) is 16.4 Å². The van der Waals surface area contributed by atoms with Gasteiger partial charge in [0, 0.05) is 16.9 Å². The van der Waals surface area contributed by atoms with Gasteiger partial charge < -0.3 is 5.32 Å². The van der Waals surface area contributed by atoms with E-state index in [1.165, 1.54) is 12.1 Å². The number of hydrogen-bond donors (Lipinski definition) is 2. The fraction of sp³-hybridized carbons (Fsp3) is 0.136. The predicted octanol–water partition coefficient (Wildman–Crippen LogP) is 4.61. The number of aryl methyl sites for hydroxylation is 2. The molecule has 6 heteroatoms. The van der Waals surface area contributed by atoms with Gasteiger partial charge in [0.2, 0.25) is 0 Å². The Morgan fingerprint density at radius 2 is 1.61 bits per heavy atom. The molecule has 1 amide bonds. The molecule has 3 aromatic carbocycles. The van der Waals surface area contributed by atoms with Crippen LogP contribution < -0.4 is 10.0 Å². The number of amides is 1. The Hall–Kier alpha value is -3.12. The van der Waals surface area contributed by atoms with Gasteiger partial charge in [0.1, 0.15) is 0 Å². The Balaban J connectivity index is 1.79. The first-order valence-electron chi connectivity index (χ1n) is 8.97. The van der Waals surface area contributed by atoms with Gasteiger partial charge in [0.25, 0.3) is 15.9 Å². The molecule has 0 saturated carbocycles. The van der Waals surface area contributed by atoms with E-state index < -0.39 is 10.0 Å². The minimum absolute atomic E-state index is 0.0314. The van der Waals surface area contributed by atoms with E-state index >= 15 is 0 Å². The molecule has 5 nitrogen and oxygen atoms in total. The van der Waals surface area contributed by atoms with Gasteiger partial charge in [0.05, 0.1) is 4.90 Å². The predicted molar refractivity (Wildman–Crippen MR) is 112 cm³/mol. The molecule has 2 N–H and O–H groups in total. The lowest BCUT2D eigenvalue weighted by Crippen LogP contribution is -2.16. The molecule has 0 atom stereocenters. The van der Waals surface area contributed by atoms with Crippen molar-refractivity contribution in [1.29, 1.82) is 0 Å². The maximum absolute atomic E-state index is 12.7. The molecule has 0 saturated heterocycles. The molecule has 0 radical (unpaired) electrons. The van der Waals surface area contributed by atoms with Gasteiger partial charge in [-0.3, -0.25) is 9.52 Å². The van der Waals surface area contributed by atoms with Gasteiger partial charge in [-0.25, -0.2) is 8.42 Å². The Morgan fingerprint density at radius 3 is 2.29 bits per heavy atom. The summed E-state index contributed by atoms with van der Waals surface area (Å²) in [6.45, 7) is 3.97. The van der Waals surface area contributed by atoms with E-state index in [2.05, 4.69) is 10.0 Å². The standard InChI is InChI=1S/C22H22N2O3S/c1-3-17-10-12-19(13-11-17)24-28(26,27)21-9-5-7-18(15-21)22(25)23-20-8-4-6-16(2)14-20/h4-15,24H,3H2,1-2H3,(H,23,25). The van der Waals surface area contributed by atoms with Crippen LogP contribution in [-0.4, -0.2) is 14.3 Å². The van der Waals surface area contributed by atoms with Crippen molar-refractivity contribution >= 4 is 27.3 Å². The average Bonchev–Trinajstić information content (AvgIpc) is 2.68. The third-order valence-corrected chi connectivity index (χ3v) is 5.68. The second-order valence-corrected chi connectivity index (χ2v) is 8.19. The smallest absolute Gasteiger partial charge is 0.261 e. The number of carbonyl (C=O) groups is 1. The van der Waals surface area contributed by atoms with E-state index in [-0.39, 0.29) is 16.4 Å². The van der Waals surface area contributed by atoms with Crippen molar-refractivity contribution in [3.8, 4) is 0 Å². The third-order valence-electron chi connectivity index (χ3n) is 4.30. The number of sulfonamides is 1. The zero-order valence-corrected chi connectivity index (χ0v) is 16.6. The monoisotopic (exact) mass is 394 g/mol. The number of rotatable bonds is 6. The van der Waals surface area contributed by atoms with Gasteiger partial charge in [0.15, 0.2) is 0 Å². The fourth-order valence-corrected chi connectivity index (χ4v) is 3.86. The van der Waals surface area contributed by atoms with Crippen molar-refractivity contribution in [1.82, 2.24) is 0 Å². The van der Waals surface area contributed by atoms with Gasteiger partial charge in [-0.2, -0.15) is 0 Å². The summed E-state index contributed by atoms with van der Waals surface area (Å²) in [6, 6.07) is 20.6. The molecule has 3 aromatic rings. The quantitative estimate of drug-likeness (QED) is 0.641. The van der Waals surface area contributed by atoms with Crippen molar-refractivity contribution in [3.05, 3.63) is 89.5 Å². The van der Waals surface area contributed by atoms with Crippen LogP contribution in [0.5, 0.6) is 0 Å². The first-order chi connectivity index (χ1) is 13.4. The number of anilines is 2. The molecule has 0 bridgehead atoms. The molecular weight excluding hydrogens is 372 g/mol. The van der Waals surface area contributed by atoms with Crippen LogP contribution in [0.4, 0.5) is 11.4 Å². The normalized spacial score (nSPS) is 11.1. The molecule has 28 heavy (non-hydrogen) atoms. The second-order valence-electron chi connectivity index (χ2n) is 6.51. The molecule has 0 unspecified atom stereocenters. The molecule has 0 spiro atoms. The number of hydrogen-bond acceptors (Lipinski definition) is 3. The van der Waals surface area contributed by atoms with Crippen molar-refractivity contribution < 1.29 is 13.2 Å². The fourth-order valence-electron chi connectivity index (χ4n) is 2.75. The summed E-state index contributed by atoms with van der Waals surface area (Å²) in [5.41, 5.74) is 3.55. The lowest BCUT2D eigenvalue weighted by atomic mass is 10.2. The number of nitrogens with one attached hydrogen (secondary N) is 2. The first-order valence-corrected chi connectivity index (χ1v) is 10.5. The van der Waals surface area contributed by atoms with Crippen LogP contribution in [0.15, 0.2) is 77.7 Å². The molecule has 0 aliphatic carbocycles. The zero-order chi connectivity index (χ0) is 20.1. The second kappa shape index (κ2) is 8.27. The van der Waals surface area contributed by atoms with Gasteiger partial charge >= 0.3 is 0 Å². The van der Waals surface area contributed by atoms with Crippen LogP contribution in [0.3, 0.4) is 0 Å². The van der Waals surface area contributed by atoms with Crippen molar-refractivity contribution in [2.75, 3.05) is 10.0 Å². The average molecular weight is 394 g/mol. The minimum Gasteiger partial charge on any atom is -0.322 e. The Labute approximate surface area is 165 Å². The highest BCUT2D eigenvalue weighted by molar-refractivity contribution is 7.92.